The Morgan fingerprint density at radius 2 is 2.14 bits per heavy atom. The summed E-state index contributed by atoms with van der Waals surface area (Å²) in [6, 6.07) is 3.51. The molecule has 76 valence electrons. The standard InChI is InChI=1S/C12H16O2/c1-2-8-3-4-9-5-6-11(13)12(14)10(9)7-8/h5-6,8,13-14H,2-4,7H2,1H3. The Bertz CT molecular complexity index is 344. The molecule has 1 atom stereocenters. The fourth-order valence-corrected chi connectivity index (χ4v) is 2.23. The number of fused-ring (bicyclic) bond motifs is 1. The molecule has 2 N–H and O–H groups in total. The zero-order valence-corrected chi connectivity index (χ0v) is 8.45. The van der Waals surface area contributed by atoms with Crippen LogP contribution in [-0.4, -0.2) is 10.2 Å². The van der Waals surface area contributed by atoms with E-state index in [1.54, 1.807) is 6.07 Å². The molecule has 0 spiro atoms. The van der Waals surface area contributed by atoms with Crippen LogP contribution in [0.1, 0.15) is 30.9 Å². The fourth-order valence-electron chi connectivity index (χ4n) is 2.23. The molecule has 1 aromatic carbocycles. The summed E-state index contributed by atoms with van der Waals surface area (Å²) in [4.78, 5) is 0. The van der Waals surface area contributed by atoms with E-state index in [-0.39, 0.29) is 11.5 Å². The molecule has 0 saturated carbocycles. The number of benzene rings is 1. The van der Waals surface area contributed by atoms with Crippen LogP contribution in [0.3, 0.4) is 0 Å². The lowest BCUT2D eigenvalue weighted by Crippen LogP contribution is -2.13. The van der Waals surface area contributed by atoms with Gasteiger partial charge in [0.05, 0.1) is 0 Å². The van der Waals surface area contributed by atoms with Gasteiger partial charge in [-0.2, -0.15) is 0 Å². The van der Waals surface area contributed by atoms with Gasteiger partial charge in [-0.05, 0) is 36.8 Å². The Morgan fingerprint density at radius 1 is 1.36 bits per heavy atom. The quantitative estimate of drug-likeness (QED) is 0.671. The summed E-state index contributed by atoms with van der Waals surface area (Å²) in [7, 11) is 0. The van der Waals surface area contributed by atoms with E-state index < -0.39 is 0 Å². The van der Waals surface area contributed by atoms with Crippen LogP contribution in [0.25, 0.3) is 0 Å². The van der Waals surface area contributed by atoms with E-state index in [1.807, 2.05) is 6.07 Å². The Labute approximate surface area is 84.2 Å². The molecule has 2 heteroatoms. The maximum absolute atomic E-state index is 9.71. The lowest BCUT2D eigenvalue weighted by Gasteiger charge is -2.24. The summed E-state index contributed by atoms with van der Waals surface area (Å²) in [5, 5.41) is 19.1. The van der Waals surface area contributed by atoms with Crippen molar-refractivity contribution in [2.75, 3.05) is 0 Å². The van der Waals surface area contributed by atoms with E-state index in [9.17, 15) is 10.2 Å². The van der Waals surface area contributed by atoms with E-state index in [1.165, 1.54) is 12.0 Å². The molecule has 0 heterocycles. The summed E-state index contributed by atoms with van der Waals surface area (Å²) in [5.41, 5.74) is 2.16. The number of aromatic hydroxyl groups is 2. The highest BCUT2D eigenvalue weighted by molar-refractivity contribution is 5.50. The average Bonchev–Trinajstić information content (AvgIpc) is 2.23. The van der Waals surface area contributed by atoms with Crippen molar-refractivity contribution in [1.29, 1.82) is 0 Å². The van der Waals surface area contributed by atoms with Crippen molar-refractivity contribution >= 4 is 0 Å². The first-order valence-corrected chi connectivity index (χ1v) is 5.25. The molecule has 1 aliphatic carbocycles. The maximum Gasteiger partial charge on any atom is 0.160 e. The zero-order chi connectivity index (χ0) is 10.1. The molecule has 0 amide bonds. The monoisotopic (exact) mass is 192 g/mol. The molecule has 1 aliphatic rings. The third-order valence-electron chi connectivity index (χ3n) is 3.25. The van der Waals surface area contributed by atoms with E-state index in [2.05, 4.69) is 6.92 Å². The summed E-state index contributed by atoms with van der Waals surface area (Å²) in [6.45, 7) is 2.18. The van der Waals surface area contributed by atoms with Gasteiger partial charge >= 0.3 is 0 Å². The smallest absolute Gasteiger partial charge is 0.160 e. The average molecular weight is 192 g/mol. The van der Waals surface area contributed by atoms with Gasteiger partial charge in [-0.3, -0.25) is 0 Å². The topological polar surface area (TPSA) is 40.5 Å². The van der Waals surface area contributed by atoms with Crippen LogP contribution >= 0.6 is 0 Å². The van der Waals surface area contributed by atoms with Crippen molar-refractivity contribution in [3.05, 3.63) is 23.3 Å². The second kappa shape index (κ2) is 3.52. The summed E-state index contributed by atoms with van der Waals surface area (Å²) in [6.07, 6.45) is 4.29. The Balaban J connectivity index is 2.38. The normalized spacial score (nSPS) is 20.5. The van der Waals surface area contributed by atoms with Gasteiger partial charge in [0.15, 0.2) is 11.5 Å². The van der Waals surface area contributed by atoms with Gasteiger partial charge in [0.25, 0.3) is 0 Å². The van der Waals surface area contributed by atoms with Crippen molar-refractivity contribution in [1.82, 2.24) is 0 Å². The minimum absolute atomic E-state index is 0.0144. The number of phenolic OH excluding ortho intramolecular Hbond substituents is 2. The molecular weight excluding hydrogens is 176 g/mol. The number of hydrogen-bond acceptors (Lipinski definition) is 2. The van der Waals surface area contributed by atoms with Crippen molar-refractivity contribution in [2.24, 2.45) is 5.92 Å². The van der Waals surface area contributed by atoms with Crippen molar-refractivity contribution in [3.8, 4) is 11.5 Å². The van der Waals surface area contributed by atoms with Gasteiger partial charge in [-0.15, -0.1) is 0 Å². The second-order valence-electron chi connectivity index (χ2n) is 4.09. The molecule has 1 aromatic rings. The zero-order valence-electron chi connectivity index (χ0n) is 8.45. The molecule has 0 bridgehead atoms. The molecule has 0 aliphatic heterocycles. The van der Waals surface area contributed by atoms with Crippen molar-refractivity contribution < 1.29 is 10.2 Å². The lowest BCUT2D eigenvalue weighted by atomic mass is 9.82. The van der Waals surface area contributed by atoms with Gasteiger partial charge in [-0.25, -0.2) is 0 Å². The highest BCUT2D eigenvalue weighted by Gasteiger charge is 2.21. The molecule has 0 aromatic heterocycles. The van der Waals surface area contributed by atoms with Crippen LogP contribution < -0.4 is 0 Å². The first-order chi connectivity index (χ1) is 6.72. The van der Waals surface area contributed by atoms with Gasteiger partial charge < -0.3 is 10.2 Å². The number of phenols is 2. The van der Waals surface area contributed by atoms with Gasteiger partial charge in [0, 0.05) is 5.56 Å². The second-order valence-corrected chi connectivity index (χ2v) is 4.09. The number of rotatable bonds is 1. The van der Waals surface area contributed by atoms with E-state index in [0.717, 1.165) is 24.8 Å². The molecule has 2 rings (SSSR count). The molecular formula is C12H16O2. The Hall–Kier alpha value is -1.18. The van der Waals surface area contributed by atoms with Crippen LogP contribution in [0.5, 0.6) is 11.5 Å². The third kappa shape index (κ3) is 1.45. The largest absolute Gasteiger partial charge is 0.504 e. The Kier molecular flexibility index (Phi) is 2.36. The van der Waals surface area contributed by atoms with Gasteiger partial charge in [-0.1, -0.05) is 19.4 Å². The first kappa shape index (κ1) is 9.38. The van der Waals surface area contributed by atoms with Gasteiger partial charge in [0.2, 0.25) is 0 Å². The SMILES string of the molecule is CCC1CCc2ccc(O)c(O)c2C1. The highest BCUT2D eigenvalue weighted by Crippen LogP contribution is 2.37. The van der Waals surface area contributed by atoms with E-state index in [0.29, 0.717) is 5.92 Å². The number of hydrogen-bond donors (Lipinski definition) is 2. The van der Waals surface area contributed by atoms with Crippen LogP contribution in [0.15, 0.2) is 12.1 Å². The summed E-state index contributed by atoms with van der Waals surface area (Å²) >= 11 is 0. The maximum atomic E-state index is 9.71. The lowest BCUT2D eigenvalue weighted by molar-refractivity contribution is 0.380. The van der Waals surface area contributed by atoms with Gasteiger partial charge in [0.1, 0.15) is 0 Å². The van der Waals surface area contributed by atoms with Crippen LogP contribution in [0, 0.1) is 5.92 Å². The minimum atomic E-state index is 0.0144. The summed E-state index contributed by atoms with van der Waals surface area (Å²) in [5.74, 6) is 0.774. The predicted octanol–water partition coefficient (Wildman–Crippen LogP) is 2.61. The molecule has 0 saturated heterocycles. The predicted molar refractivity (Wildman–Crippen MR) is 55.6 cm³/mol. The van der Waals surface area contributed by atoms with E-state index in [4.69, 9.17) is 0 Å². The van der Waals surface area contributed by atoms with E-state index >= 15 is 0 Å². The Morgan fingerprint density at radius 3 is 2.86 bits per heavy atom. The molecule has 2 nitrogen and oxygen atoms in total. The number of aryl methyl sites for hydroxylation is 1. The van der Waals surface area contributed by atoms with Crippen LogP contribution in [0.4, 0.5) is 0 Å². The van der Waals surface area contributed by atoms with Crippen LogP contribution in [-0.2, 0) is 12.8 Å². The molecule has 14 heavy (non-hydrogen) atoms. The van der Waals surface area contributed by atoms with Crippen molar-refractivity contribution in [2.45, 2.75) is 32.6 Å². The van der Waals surface area contributed by atoms with Crippen molar-refractivity contribution in [3.63, 3.8) is 0 Å². The minimum Gasteiger partial charge on any atom is -0.504 e. The molecule has 0 radical (unpaired) electrons. The third-order valence-corrected chi connectivity index (χ3v) is 3.25. The highest BCUT2D eigenvalue weighted by atomic mass is 16.3. The first-order valence-electron chi connectivity index (χ1n) is 5.25. The molecule has 0 fully saturated rings. The molecule has 1 unspecified atom stereocenters. The summed E-state index contributed by atoms with van der Waals surface area (Å²) < 4.78 is 0. The fraction of sp³-hybridized carbons (Fsp3) is 0.500. The van der Waals surface area contributed by atoms with Crippen LogP contribution in [0.2, 0.25) is 0 Å².